The van der Waals surface area contributed by atoms with Gasteiger partial charge in [-0.1, -0.05) is 24.3 Å². The fourth-order valence-electron chi connectivity index (χ4n) is 4.36. The molecule has 1 aliphatic heterocycles. The zero-order valence-corrected chi connectivity index (χ0v) is 19.0. The Kier molecular flexibility index (Phi) is 6.03. The Morgan fingerprint density at radius 2 is 1.97 bits per heavy atom. The lowest BCUT2D eigenvalue weighted by Crippen LogP contribution is -2.31. The highest BCUT2D eigenvalue weighted by atomic mass is 32.1. The predicted molar refractivity (Wildman–Crippen MR) is 134 cm³/mol. The van der Waals surface area contributed by atoms with E-state index in [0.29, 0.717) is 17.8 Å². The first-order chi connectivity index (χ1) is 16.1. The van der Waals surface area contributed by atoms with Crippen LogP contribution in [0.5, 0.6) is 0 Å². The molecular weight excluding hydrogens is 430 g/mol. The van der Waals surface area contributed by atoms with E-state index in [1.165, 1.54) is 0 Å². The molecule has 1 aliphatic rings. The Morgan fingerprint density at radius 1 is 1.06 bits per heavy atom. The third kappa shape index (κ3) is 4.72. The average molecular weight is 456 g/mol. The van der Waals surface area contributed by atoms with Crippen molar-refractivity contribution < 1.29 is 9.59 Å². The maximum Gasteiger partial charge on any atom is 0.185 e. The molecule has 3 heterocycles. The van der Waals surface area contributed by atoms with E-state index in [1.54, 1.807) is 17.5 Å². The summed E-state index contributed by atoms with van der Waals surface area (Å²) in [5, 5.41) is 7.15. The van der Waals surface area contributed by atoms with Crippen molar-refractivity contribution in [3.05, 3.63) is 83.0 Å². The topological polar surface area (TPSA) is 85.1 Å². The minimum atomic E-state index is -0.0708. The van der Waals surface area contributed by atoms with Crippen molar-refractivity contribution in [3.63, 3.8) is 0 Å². The fourth-order valence-corrected chi connectivity index (χ4v) is 5.08. The highest BCUT2D eigenvalue weighted by molar-refractivity contribution is 7.13. The second kappa shape index (κ2) is 9.25. The summed E-state index contributed by atoms with van der Waals surface area (Å²) in [6.07, 6.45) is 4.30. The van der Waals surface area contributed by atoms with Gasteiger partial charge in [0.15, 0.2) is 11.6 Å². The number of hydrogen-bond acceptors (Lipinski definition) is 6. The Labute approximate surface area is 196 Å². The summed E-state index contributed by atoms with van der Waals surface area (Å²) in [7, 11) is 0. The number of ketones is 2. The lowest BCUT2D eigenvalue weighted by Gasteiger charge is -2.10. The van der Waals surface area contributed by atoms with E-state index in [-0.39, 0.29) is 24.0 Å². The molecule has 4 aromatic rings. The molecule has 5 nitrogen and oxygen atoms in total. The van der Waals surface area contributed by atoms with E-state index in [4.69, 9.17) is 5.73 Å². The molecule has 0 radical (unpaired) electrons. The van der Waals surface area contributed by atoms with Crippen molar-refractivity contribution in [2.75, 3.05) is 12.3 Å². The number of carbonyl (C=O) groups is 2. The summed E-state index contributed by atoms with van der Waals surface area (Å²) in [6.45, 7) is 0.916. The SMILES string of the molecule is Nc1ccc(-c2cccs2)cc1CC(=O)c1cc2ccc(CC(=O)C3CCCN3)cc2cn1. The number of Topliss-reactive ketones (excluding diaryl/α,β-unsaturated/α-hetero) is 2. The highest BCUT2D eigenvalue weighted by Gasteiger charge is 2.22. The number of nitrogens with one attached hydrogen (secondary N) is 1. The largest absolute Gasteiger partial charge is 0.398 e. The molecule has 166 valence electrons. The maximum absolute atomic E-state index is 13.0. The van der Waals surface area contributed by atoms with Gasteiger partial charge in [0.25, 0.3) is 0 Å². The smallest absolute Gasteiger partial charge is 0.185 e. The fraction of sp³-hybridized carbons (Fsp3) is 0.222. The molecule has 5 rings (SSSR count). The zero-order chi connectivity index (χ0) is 22.8. The molecule has 0 spiro atoms. The molecular formula is C27H25N3O2S. The van der Waals surface area contributed by atoms with Gasteiger partial charge in [-0.05, 0) is 77.2 Å². The molecule has 1 saturated heterocycles. The number of carbonyl (C=O) groups excluding carboxylic acids is 2. The number of aromatic nitrogens is 1. The van der Waals surface area contributed by atoms with Gasteiger partial charge < -0.3 is 11.1 Å². The number of hydrogen-bond donors (Lipinski definition) is 2. The third-order valence-corrected chi connectivity index (χ3v) is 7.12. The van der Waals surface area contributed by atoms with Crippen molar-refractivity contribution in [2.24, 2.45) is 0 Å². The number of nitrogen functional groups attached to an aromatic ring is 1. The van der Waals surface area contributed by atoms with Crippen LogP contribution in [0.25, 0.3) is 21.2 Å². The lowest BCUT2D eigenvalue weighted by atomic mass is 9.99. The minimum absolute atomic E-state index is 0.0235. The normalized spacial score (nSPS) is 15.7. The highest BCUT2D eigenvalue weighted by Crippen LogP contribution is 2.28. The zero-order valence-electron chi connectivity index (χ0n) is 18.2. The number of nitrogens with zero attached hydrogens (tertiary/aromatic N) is 1. The average Bonchev–Trinajstić information content (AvgIpc) is 3.55. The van der Waals surface area contributed by atoms with E-state index < -0.39 is 0 Å². The lowest BCUT2D eigenvalue weighted by molar-refractivity contribution is -0.120. The van der Waals surface area contributed by atoms with Crippen LogP contribution in [0.1, 0.15) is 34.5 Å². The summed E-state index contributed by atoms with van der Waals surface area (Å²) >= 11 is 1.66. The van der Waals surface area contributed by atoms with Crippen LogP contribution in [0.2, 0.25) is 0 Å². The van der Waals surface area contributed by atoms with Crippen LogP contribution >= 0.6 is 11.3 Å². The van der Waals surface area contributed by atoms with Crippen LogP contribution in [0.4, 0.5) is 5.69 Å². The summed E-state index contributed by atoms with van der Waals surface area (Å²) in [5.41, 5.74) is 10.0. The minimum Gasteiger partial charge on any atom is -0.398 e. The van der Waals surface area contributed by atoms with Crippen LogP contribution < -0.4 is 11.1 Å². The van der Waals surface area contributed by atoms with Crippen molar-refractivity contribution in [1.29, 1.82) is 0 Å². The summed E-state index contributed by atoms with van der Waals surface area (Å²) in [4.78, 5) is 31.0. The van der Waals surface area contributed by atoms with Crippen LogP contribution in [0.3, 0.4) is 0 Å². The van der Waals surface area contributed by atoms with Gasteiger partial charge in [0.2, 0.25) is 0 Å². The number of anilines is 1. The Morgan fingerprint density at radius 3 is 2.76 bits per heavy atom. The first kappa shape index (κ1) is 21.5. The second-order valence-corrected chi connectivity index (χ2v) is 9.48. The van der Waals surface area contributed by atoms with Crippen molar-refractivity contribution in [3.8, 4) is 10.4 Å². The van der Waals surface area contributed by atoms with Gasteiger partial charge in [-0.2, -0.15) is 0 Å². The Hall–Kier alpha value is -3.35. The van der Waals surface area contributed by atoms with Gasteiger partial charge >= 0.3 is 0 Å². The molecule has 3 N–H and O–H groups in total. The molecule has 1 atom stereocenters. The van der Waals surface area contributed by atoms with Gasteiger partial charge in [-0.15, -0.1) is 11.3 Å². The van der Waals surface area contributed by atoms with Gasteiger partial charge in [0, 0.05) is 35.0 Å². The maximum atomic E-state index is 13.0. The first-order valence-corrected chi connectivity index (χ1v) is 12.0. The van der Waals surface area contributed by atoms with Gasteiger partial charge in [0.1, 0.15) is 5.69 Å². The van der Waals surface area contributed by atoms with Gasteiger partial charge in [0.05, 0.1) is 6.04 Å². The molecule has 0 aliphatic carbocycles. The Balaban J connectivity index is 1.33. The second-order valence-electron chi connectivity index (χ2n) is 8.53. The molecule has 1 fully saturated rings. The van der Waals surface area contributed by atoms with Crippen molar-refractivity contribution in [1.82, 2.24) is 10.3 Å². The number of fused-ring (bicyclic) bond motifs is 1. The molecule has 1 unspecified atom stereocenters. The van der Waals surface area contributed by atoms with E-state index >= 15 is 0 Å². The molecule has 33 heavy (non-hydrogen) atoms. The quantitative estimate of drug-likeness (QED) is 0.308. The van der Waals surface area contributed by atoms with Crippen molar-refractivity contribution in [2.45, 2.75) is 31.7 Å². The van der Waals surface area contributed by atoms with Gasteiger partial charge in [-0.25, -0.2) is 0 Å². The molecule has 0 saturated carbocycles. The number of benzene rings is 2. The Bertz CT molecular complexity index is 1320. The van der Waals surface area contributed by atoms with Crippen molar-refractivity contribution >= 4 is 39.4 Å². The van der Waals surface area contributed by atoms with Crippen LogP contribution in [-0.4, -0.2) is 29.1 Å². The number of nitrogens with two attached hydrogens (primary N) is 1. The predicted octanol–water partition coefficient (Wildman–Crippen LogP) is 4.83. The van der Waals surface area contributed by atoms with Crippen LogP contribution in [-0.2, 0) is 17.6 Å². The third-order valence-electron chi connectivity index (χ3n) is 6.20. The summed E-state index contributed by atoms with van der Waals surface area (Å²) in [6, 6.07) is 17.6. The number of pyridine rings is 1. The summed E-state index contributed by atoms with van der Waals surface area (Å²) < 4.78 is 0. The van der Waals surface area contributed by atoms with Gasteiger partial charge in [-0.3, -0.25) is 14.6 Å². The van der Waals surface area contributed by atoms with Crippen LogP contribution in [0, 0.1) is 0 Å². The van der Waals surface area contributed by atoms with Crippen LogP contribution in [0.15, 0.2) is 66.2 Å². The van der Waals surface area contributed by atoms with E-state index in [0.717, 1.165) is 51.7 Å². The summed E-state index contributed by atoms with van der Waals surface area (Å²) in [5.74, 6) is 0.160. The number of rotatable bonds is 7. The van der Waals surface area contributed by atoms with E-state index in [2.05, 4.69) is 16.4 Å². The molecule has 2 aromatic heterocycles. The first-order valence-electron chi connectivity index (χ1n) is 11.2. The van der Waals surface area contributed by atoms with E-state index in [9.17, 15) is 9.59 Å². The monoisotopic (exact) mass is 455 g/mol. The molecule has 6 heteroatoms. The molecule has 0 amide bonds. The standard InChI is InChI=1S/C27H25N3O2S/c28-22-8-7-19(27-4-2-10-33-27)13-20(22)15-26(32)24-14-18-6-5-17(11-21(18)16-30-24)12-25(31)23-3-1-9-29-23/h2,4-8,10-11,13-14,16,23,29H,1,3,9,12,15,28H2. The molecule has 0 bridgehead atoms. The number of thiophene rings is 1. The van der Waals surface area contributed by atoms with E-state index in [1.807, 2.05) is 53.9 Å². The molecule has 2 aromatic carbocycles.